The molecule has 0 spiro atoms. The van der Waals surface area contributed by atoms with E-state index in [2.05, 4.69) is 24.9 Å². The minimum absolute atomic E-state index is 0.0284. The van der Waals surface area contributed by atoms with Gasteiger partial charge in [-0.25, -0.2) is 8.42 Å². The highest BCUT2D eigenvalue weighted by molar-refractivity contribution is 7.93. The lowest BCUT2D eigenvalue weighted by Crippen LogP contribution is -2.12. The fraction of sp³-hybridized carbons (Fsp3) is 0.0556. The Kier molecular flexibility index (Phi) is 4.57. The number of aromatic amines is 1. The molecule has 2 aromatic carbocycles. The predicted molar refractivity (Wildman–Crippen MR) is 109 cm³/mol. The van der Waals surface area contributed by atoms with Crippen molar-refractivity contribution in [1.82, 2.24) is 15.2 Å². The molecule has 0 aliphatic rings. The second-order valence-corrected chi connectivity index (χ2v) is 8.78. The second kappa shape index (κ2) is 7.06. The predicted octanol–water partition coefficient (Wildman–Crippen LogP) is 3.58. The molecule has 142 valence electrons. The van der Waals surface area contributed by atoms with Gasteiger partial charge in [0.1, 0.15) is 5.01 Å². The molecule has 0 bridgehead atoms. The zero-order valence-corrected chi connectivity index (χ0v) is 16.3. The lowest BCUT2D eigenvalue weighted by atomic mass is 10.2. The van der Waals surface area contributed by atoms with Gasteiger partial charge < -0.3 is 10.1 Å². The molecule has 0 saturated carbocycles. The Morgan fingerprint density at radius 3 is 2.61 bits per heavy atom. The van der Waals surface area contributed by atoms with Gasteiger partial charge >= 0.3 is 0 Å². The number of nitrogens with one attached hydrogen (secondary N) is 2. The summed E-state index contributed by atoms with van der Waals surface area (Å²) >= 11 is 1.16. The maximum absolute atomic E-state index is 12.4. The highest BCUT2D eigenvalue weighted by atomic mass is 32.2. The van der Waals surface area contributed by atoms with Crippen LogP contribution in [0.25, 0.3) is 10.9 Å². The van der Waals surface area contributed by atoms with Crippen LogP contribution in [-0.2, 0) is 10.0 Å². The smallest absolute Gasteiger partial charge is 0.263 e. The highest BCUT2D eigenvalue weighted by Crippen LogP contribution is 2.26. The van der Waals surface area contributed by atoms with Crippen LogP contribution in [0.15, 0.2) is 58.4 Å². The summed E-state index contributed by atoms with van der Waals surface area (Å²) in [6.45, 7) is 1.74. The van der Waals surface area contributed by atoms with Crippen LogP contribution in [-0.4, -0.2) is 34.9 Å². The molecule has 10 heteroatoms. The van der Waals surface area contributed by atoms with Gasteiger partial charge in [-0.05, 0) is 37.3 Å². The average Bonchev–Trinajstić information content (AvgIpc) is 3.21. The van der Waals surface area contributed by atoms with E-state index in [1.165, 1.54) is 12.1 Å². The van der Waals surface area contributed by atoms with Crippen molar-refractivity contribution < 1.29 is 13.5 Å². The second-order valence-electron chi connectivity index (χ2n) is 5.92. The van der Waals surface area contributed by atoms with Crippen LogP contribution in [0.4, 0.5) is 10.8 Å². The van der Waals surface area contributed by atoms with Crippen LogP contribution in [0.5, 0.6) is 5.88 Å². The van der Waals surface area contributed by atoms with Gasteiger partial charge in [0.05, 0.1) is 16.1 Å². The van der Waals surface area contributed by atoms with Gasteiger partial charge in [-0.2, -0.15) is 0 Å². The number of aliphatic imine (C=N–C) groups is 1. The number of rotatable bonds is 5. The minimum atomic E-state index is -3.75. The number of aromatic nitrogens is 3. The fourth-order valence-electron chi connectivity index (χ4n) is 2.64. The van der Waals surface area contributed by atoms with E-state index < -0.39 is 10.0 Å². The highest BCUT2D eigenvalue weighted by Gasteiger charge is 2.16. The van der Waals surface area contributed by atoms with E-state index in [1.54, 1.807) is 25.3 Å². The number of hydrogen-bond donors (Lipinski definition) is 3. The van der Waals surface area contributed by atoms with E-state index in [1.807, 2.05) is 24.3 Å². The molecular formula is C18H15N5O3S2. The van der Waals surface area contributed by atoms with Gasteiger partial charge in [0.25, 0.3) is 10.0 Å². The molecule has 0 saturated heterocycles. The third-order valence-electron chi connectivity index (χ3n) is 3.96. The van der Waals surface area contributed by atoms with Crippen molar-refractivity contribution in [3.63, 3.8) is 0 Å². The lowest BCUT2D eigenvalue weighted by molar-refractivity contribution is 0.457. The molecule has 4 rings (SSSR count). The Morgan fingerprint density at radius 1 is 1.14 bits per heavy atom. The topological polar surface area (TPSA) is 120 Å². The number of H-pyrrole nitrogens is 1. The molecule has 4 aromatic rings. The number of para-hydroxylation sites is 1. The summed E-state index contributed by atoms with van der Waals surface area (Å²) in [6, 6.07) is 13.6. The molecule has 0 unspecified atom stereocenters. The number of anilines is 1. The van der Waals surface area contributed by atoms with Crippen molar-refractivity contribution in [2.75, 3.05) is 4.72 Å². The van der Waals surface area contributed by atoms with Crippen molar-refractivity contribution >= 4 is 49.3 Å². The molecule has 0 radical (unpaired) electrons. The summed E-state index contributed by atoms with van der Waals surface area (Å²) in [5.74, 6) is 0.0284. The number of fused-ring (bicyclic) bond motifs is 1. The van der Waals surface area contributed by atoms with E-state index in [-0.39, 0.29) is 15.9 Å². The summed E-state index contributed by atoms with van der Waals surface area (Å²) < 4.78 is 27.2. The maximum Gasteiger partial charge on any atom is 0.263 e. The maximum atomic E-state index is 12.4. The molecule has 2 aromatic heterocycles. The molecule has 0 amide bonds. The van der Waals surface area contributed by atoms with Crippen molar-refractivity contribution in [1.29, 1.82) is 0 Å². The van der Waals surface area contributed by atoms with Gasteiger partial charge in [-0.15, -0.1) is 10.2 Å². The van der Waals surface area contributed by atoms with Crippen LogP contribution >= 0.6 is 11.3 Å². The van der Waals surface area contributed by atoms with Crippen LogP contribution in [0.2, 0.25) is 0 Å². The molecule has 8 nitrogen and oxygen atoms in total. The summed E-state index contributed by atoms with van der Waals surface area (Å²) in [5, 5.41) is 19.3. The molecule has 0 fully saturated rings. The molecule has 0 aliphatic carbocycles. The zero-order valence-electron chi connectivity index (χ0n) is 14.6. The van der Waals surface area contributed by atoms with E-state index in [0.29, 0.717) is 16.3 Å². The summed E-state index contributed by atoms with van der Waals surface area (Å²) in [7, 11) is -3.75. The van der Waals surface area contributed by atoms with Crippen LogP contribution in [0.1, 0.15) is 10.6 Å². The third kappa shape index (κ3) is 3.59. The Bertz CT molecular complexity index is 1270. The van der Waals surface area contributed by atoms with Crippen molar-refractivity contribution in [3.05, 3.63) is 59.1 Å². The van der Waals surface area contributed by atoms with Crippen LogP contribution in [0.3, 0.4) is 0 Å². The monoisotopic (exact) mass is 413 g/mol. The SMILES string of the molecule is Cc1nnc(NS(=O)(=O)c2ccc(N=Cc3c(O)[nH]c4ccccc34)cc2)s1. The molecule has 2 heterocycles. The van der Waals surface area contributed by atoms with Crippen molar-refractivity contribution in [2.24, 2.45) is 4.99 Å². The number of nitrogens with zero attached hydrogens (tertiary/aromatic N) is 3. The zero-order chi connectivity index (χ0) is 19.7. The molecule has 28 heavy (non-hydrogen) atoms. The fourth-order valence-corrected chi connectivity index (χ4v) is 4.46. The minimum Gasteiger partial charge on any atom is -0.494 e. The summed E-state index contributed by atoms with van der Waals surface area (Å²) in [5.41, 5.74) is 1.93. The van der Waals surface area contributed by atoms with Gasteiger partial charge in [-0.3, -0.25) is 9.71 Å². The summed E-state index contributed by atoms with van der Waals surface area (Å²) in [6.07, 6.45) is 1.54. The third-order valence-corrected chi connectivity index (χ3v) is 6.20. The van der Waals surface area contributed by atoms with Crippen LogP contribution in [0, 0.1) is 6.92 Å². The molecule has 0 atom stereocenters. The first-order chi connectivity index (χ1) is 13.4. The van der Waals surface area contributed by atoms with Crippen molar-refractivity contribution in [2.45, 2.75) is 11.8 Å². The number of aromatic hydroxyl groups is 1. The van der Waals surface area contributed by atoms with E-state index in [0.717, 1.165) is 22.2 Å². The molecular weight excluding hydrogens is 398 g/mol. The Hall–Kier alpha value is -3.24. The molecule has 0 aliphatic heterocycles. The Morgan fingerprint density at radius 2 is 1.89 bits per heavy atom. The number of aryl methyl sites for hydroxylation is 1. The van der Waals surface area contributed by atoms with E-state index >= 15 is 0 Å². The van der Waals surface area contributed by atoms with E-state index in [9.17, 15) is 13.5 Å². The van der Waals surface area contributed by atoms with Crippen molar-refractivity contribution in [3.8, 4) is 5.88 Å². The Balaban J connectivity index is 1.56. The van der Waals surface area contributed by atoms with Gasteiger partial charge in [-0.1, -0.05) is 29.5 Å². The summed E-state index contributed by atoms with van der Waals surface area (Å²) in [4.78, 5) is 7.31. The quantitative estimate of drug-likeness (QED) is 0.432. The molecule has 3 N–H and O–H groups in total. The number of hydrogen-bond acceptors (Lipinski definition) is 7. The van der Waals surface area contributed by atoms with Gasteiger partial charge in [0.15, 0.2) is 5.88 Å². The number of benzene rings is 2. The van der Waals surface area contributed by atoms with Gasteiger partial charge in [0, 0.05) is 17.1 Å². The Labute approximate surface area is 164 Å². The normalized spacial score (nSPS) is 12.0. The van der Waals surface area contributed by atoms with E-state index in [4.69, 9.17) is 0 Å². The first kappa shape index (κ1) is 18.1. The first-order valence-corrected chi connectivity index (χ1v) is 10.5. The first-order valence-electron chi connectivity index (χ1n) is 8.19. The lowest BCUT2D eigenvalue weighted by Gasteiger charge is -2.04. The van der Waals surface area contributed by atoms with Crippen LogP contribution < -0.4 is 4.72 Å². The number of sulfonamides is 1. The standard InChI is InChI=1S/C18H15N5O3S2/c1-11-21-22-18(27-11)23-28(25,26)13-8-6-12(7-9-13)19-10-15-14-4-2-3-5-16(14)20-17(15)24/h2-10,20,24H,1H3,(H,22,23). The average molecular weight is 413 g/mol. The van der Waals surface area contributed by atoms with Gasteiger partial charge in [0.2, 0.25) is 5.13 Å². The largest absolute Gasteiger partial charge is 0.494 e.